The van der Waals surface area contributed by atoms with Gasteiger partial charge in [-0.3, -0.25) is 4.55 Å². The van der Waals surface area contributed by atoms with Gasteiger partial charge in [-0.25, -0.2) is 4.21 Å². The molecule has 0 amide bonds. The molecule has 0 saturated carbocycles. The van der Waals surface area contributed by atoms with E-state index in [1.54, 1.807) is 4.31 Å². The summed E-state index contributed by atoms with van der Waals surface area (Å²) in [7, 11) is 0. The highest BCUT2D eigenvalue weighted by Crippen LogP contribution is 2.23. The zero-order valence-corrected chi connectivity index (χ0v) is 7.10. The minimum absolute atomic E-state index is 0.255. The Bertz CT molecular complexity index is 151. The standard InChI is InChI=1S/C6H13NO2S/c1-5-3-4-7(6(5)2)10(8)9/h5-6H,3-4H2,1-2H3,(H,8,9). The van der Waals surface area contributed by atoms with Crippen molar-refractivity contribution < 1.29 is 8.76 Å². The van der Waals surface area contributed by atoms with Gasteiger partial charge in [-0.05, 0) is 19.3 Å². The highest BCUT2D eigenvalue weighted by atomic mass is 32.2. The van der Waals surface area contributed by atoms with E-state index in [1.807, 2.05) is 6.92 Å². The molecule has 1 aliphatic rings. The second-order valence-electron chi connectivity index (χ2n) is 2.88. The SMILES string of the molecule is CC1CCN(S(=O)O)C1C. The minimum atomic E-state index is -1.76. The first kappa shape index (κ1) is 8.17. The average Bonchev–Trinajstić information content (AvgIpc) is 2.14. The van der Waals surface area contributed by atoms with E-state index in [-0.39, 0.29) is 6.04 Å². The Hall–Kier alpha value is 0.0700. The predicted octanol–water partition coefficient (Wildman–Crippen LogP) is 0.853. The lowest BCUT2D eigenvalue weighted by Crippen LogP contribution is -2.30. The minimum Gasteiger partial charge on any atom is -0.294 e. The normalized spacial score (nSPS) is 38.3. The number of nitrogens with zero attached hydrogens (tertiary/aromatic N) is 1. The Labute approximate surface area is 63.8 Å². The molecule has 0 bridgehead atoms. The maximum absolute atomic E-state index is 10.6. The lowest BCUT2D eigenvalue weighted by molar-refractivity contribution is 0.362. The van der Waals surface area contributed by atoms with Crippen molar-refractivity contribution in [3.63, 3.8) is 0 Å². The van der Waals surface area contributed by atoms with Crippen LogP contribution in [0.2, 0.25) is 0 Å². The molecule has 10 heavy (non-hydrogen) atoms. The fraction of sp³-hybridized carbons (Fsp3) is 1.00. The zero-order valence-electron chi connectivity index (χ0n) is 6.28. The van der Waals surface area contributed by atoms with Crippen molar-refractivity contribution in [1.29, 1.82) is 0 Å². The maximum atomic E-state index is 10.6. The lowest BCUT2D eigenvalue weighted by atomic mass is 10.1. The molecule has 0 spiro atoms. The van der Waals surface area contributed by atoms with E-state index in [4.69, 9.17) is 4.55 Å². The first-order valence-electron chi connectivity index (χ1n) is 3.50. The fourth-order valence-electron chi connectivity index (χ4n) is 1.28. The van der Waals surface area contributed by atoms with E-state index >= 15 is 0 Å². The van der Waals surface area contributed by atoms with Crippen LogP contribution < -0.4 is 0 Å². The van der Waals surface area contributed by atoms with E-state index in [0.717, 1.165) is 13.0 Å². The highest BCUT2D eigenvalue weighted by molar-refractivity contribution is 7.76. The van der Waals surface area contributed by atoms with Gasteiger partial charge in [0.15, 0.2) is 0 Å². The van der Waals surface area contributed by atoms with Gasteiger partial charge in [0.1, 0.15) is 0 Å². The summed E-state index contributed by atoms with van der Waals surface area (Å²) in [5.74, 6) is 0.552. The van der Waals surface area contributed by atoms with Crippen molar-refractivity contribution >= 4 is 11.3 Å². The van der Waals surface area contributed by atoms with Crippen LogP contribution in [-0.2, 0) is 11.3 Å². The maximum Gasteiger partial charge on any atom is 0.234 e. The van der Waals surface area contributed by atoms with Crippen molar-refractivity contribution in [3.8, 4) is 0 Å². The summed E-state index contributed by atoms with van der Waals surface area (Å²) in [6.45, 7) is 4.86. The third kappa shape index (κ3) is 1.38. The Morgan fingerprint density at radius 2 is 2.20 bits per heavy atom. The van der Waals surface area contributed by atoms with Gasteiger partial charge >= 0.3 is 0 Å². The lowest BCUT2D eigenvalue weighted by Gasteiger charge is -2.17. The van der Waals surface area contributed by atoms with Gasteiger partial charge in [-0.15, -0.1) is 0 Å². The van der Waals surface area contributed by atoms with Gasteiger partial charge in [-0.2, -0.15) is 4.31 Å². The first-order valence-corrected chi connectivity index (χ1v) is 4.57. The summed E-state index contributed by atoms with van der Waals surface area (Å²) in [6.07, 6.45) is 1.04. The molecule has 1 heterocycles. The molecule has 1 rings (SSSR count). The van der Waals surface area contributed by atoms with E-state index in [9.17, 15) is 4.21 Å². The van der Waals surface area contributed by atoms with Crippen LogP contribution in [-0.4, -0.2) is 25.7 Å². The Morgan fingerprint density at radius 3 is 2.40 bits per heavy atom. The van der Waals surface area contributed by atoms with E-state index in [0.29, 0.717) is 5.92 Å². The molecule has 1 aliphatic heterocycles. The summed E-state index contributed by atoms with van der Waals surface area (Å²) in [6, 6.07) is 0.255. The van der Waals surface area contributed by atoms with Crippen LogP contribution in [0.3, 0.4) is 0 Å². The topological polar surface area (TPSA) is 40.5 Å². The predicted molar refractivity (Wildman–Crippen MR) is 40.7 cm³/mol. The van der Waals surface area contributed by atoms with Crippen LogP contribution in [0.1, 0.15) is 20.3 Å². The van der Waals surface area contributed by atoms with Crippen LogP contribution in [0, 0.1) is 5.92 Å². The fourth-order valence-corrected chi connectivity index (χ4v) is 2.03. The highest BCUT2D eigenvalue weighted by Gasteiger charge is 2.30. The van der Waals surface area contributed by atoms with Crippen molar-refractivity contribution in [2.45, 2.75) is 26.3 Å². The van der Waals surface area contributed by atoms with Crippen LogP contribution in [0.15, 0.2) is 0 Å². The van der Waals surface area contributed by atoms with E-state index < -0.39 is 11.3 Å². The zero-order chi connectivity index (χ0) is 7.72. The third-order valence-electron chi connectivity index (χ3n) is 2.28. The molecule has 0 aromatic carbocycles. The smallest absolute Gasteiger partial charge is 0.234 e. The van der Waals surface area contributed by atoms with Gasteiger partial charge in [0, 0.05) is 12.6 Å². The van der Waals surface area contributed by atoms with Crippen molar-refractivity contribution in [2.75, 3.05) is 6.54 Å². The van der Waals surface area contributed by atoms with Gasteiger partial charge in [0.2, 0.25) is 11.3 Å². The van der Waals surface area contributed by atoms with Crippen LogP contribution >= 0.6 is 0 Å². The van der Waals surface area contributed by atoms with E-state index in [1.165, 1.54) is 0 Å². The molecule has 1 saturated heterocycles. The quantitative estimate of drug-likeness (QED) is 0.582. The first-order chi connectivity index (χ1) is 4.63. The molecule has 1 N–H and O–H groups in total. The van der Waals surface area contributed by atoms with Crippen molar-refractivity contribution in [2.24, 2.45) is 5.92 Å². The molecule has 0 aromatic rings. The van der Waals surface area contributed by atoms with Crippen LogP contribution in [0.4, 0.5) is 0 Å². The van der Waals surface area contributed by atoms with E-state index in [2.05, 4.69) is 6.92 Å². The monoisotopic (exact) mass is 163 g/mol. The molecule has 3 atom stereocenters. The van der Waals surface area contributed by atoms with Gasteiger partial charge in [0.25, 0.3) is 0 Å². The molecule has 0 radical (unpaired) electrons. The second-order valence-corrected chi connectivity index (χ2v) is 3.81. The number of hydrogen-bond acceptors (Lipinski definition) is 1. The number of rotatable bonds is 1. The van der Waals surface area contributed by atoms with Crippen molar-refractivity contribution in [1.82, 2.24) is 4.31 Å². The third-order valence-corrected chi connectivity index (χ3v) is 3.20. The molecule has 1 fully saturated rings. The Kier molecular flexibility index (Phi) is 2.44. The molecule has 3 unspecified atom stereocenters. The molecule has 4 heteroatoms. The van der Waals surface area contributed by atoms with Gasteiger partial charge < -0.3 is 0 Å². The molecule has 60 valence electrons. The van der Waals surface area contributed by atoms with Gasteiger partial charge in [0.05, 0.1) is 0 Å². The van der Waals surface area contributed by atoms with Crippen LogP contribution in [0.5, 0.6) is 0 Å². The summed E-state index contributed by atoms with van der Waals surface area (Å²) in [5.41, 5.74) is 0. The summed E-state index contributed by atoms with van der Waals surface area (Å²) < 4.78 is 20.9. The summed E-state index contributed by atoms with van der Waals surface area (Å²) >= 11 is -1.76. The number of hydrogen-bond donors (Lipinski definition) is 1. The van der Waals surface area contributed by atoms with Crippen molar-refractivity contribution in [3.05, 3.63) is 0 Å². The molecule has 0 aromatic heterocycles. The van der Waals surface area contributed by atoms with Gasteiger partial charge in [-0.1, -0.05) is 6.92 Å². The molecule has 0 aliphatic carbocycles. The summed E-state index contributed by atoms with van der Waals surface area (Å²) in [4.78, 5) is 0. The summed E-state index contributed by atoms with van der Waals surface area (Å²) in [5, 5.41) is 0. The second kappa shape index (κ2) is 2.98. The molecular formula is C6H13NO2S. The van der Waals surface area contributed by atoms with Crippen LogP contribution in [0.25, 0.3) is 0 Å². The Morgan fingerprint density at radius 1 is 1.60 bits per heavy atom. The Balaban J connectivity index is 2.57. The largest absolute Gasteiger partial charge is 0.294 e. The molecular weight excluding hydrogens is 150 g/mol. The average molecular weight is 163 g/mol. The molecule has 3 nitrogen and oxygen atoms in total.